The minimum Gasteiger partial charge on any atom is -0.394 e. The predicted octanol–water partition coefficient (Wildman–Crippen LogP) is 15.2. The lowest BCUT2D eigenvalue weighted by atomic mass is 9.96. The van der Waals surface area contributed by atoms with Gasteiger partial charge < -0.3 is 89.9 Å². The summed E-state index contributed by atoms with van der Waals surface area (Å²) in [4.78, 5) is 13.5. The first-order valence-electron chi connectivity index (χ1n) is 42.2. The zero-order valence-corrected chi connectivity index (χ0v) is 66.7. The van der Waals surface area contributed by atoms with Gasteiger partial charge in [-0.25, -0.2) is 0 Å². The van der Waals surface area contributed by atoms with Crippen LogP contribution < -0.4 is 5.32 Å². The van der Waals surface area contributed by atoms with Gasteiger partial charge in [-0.2, -0.15) is 0 Å². The molecule has 3 heterocycles. The van der Waals surface area contributed by atoms with Crippen LogP contribution in [0.5, 0.6) is 0 Å². The molecule has 0 bridgehead atoms. The highest BCUT2D eigenvalue weighted by Crippen LogP contribution is 2.33. The number of carbonyl (C=O) groups excluding carboxylic acids is 1. The molecule has 19 heteroatoms. The van der Waals surface area contributed by atoms with E-state index < -0.39 is 124 Å². The fourth-order valence-corrected chi connectivity index (χ4v) is 13.1. The summed E-state index contributed by atoms with van der Waals surface area (Å²) in [6.45, 7) is 1.60. The lowest BCUT2D eigenvalue weighted by Crippen LogP contribution is -2.66. The van der Waals surface area contributed by atoms with E-state index in [2.05, 4.69) is 165 Å². The number of allylic oxidation sites excluding steroid dienone is 25. The quantitative estimate of drug-likeness (QED) is 0.0199. The maximum atomic E-state index is 13.5. The van der Waals surface area contributed by atoms with Crippen LogP contribution >= 0.6 is 0 Å². The van der Waals surface area contributed by atoms with Crippen LogP contribution in [0, 0.1) is 0 Å². The van der Waals surface area contributed by atoms with Crippen LogP contribution in [0.15, 0.2) is 158 Å². The molecule has 622 valence electrons. The van der Waals surface area contributed by atoms with Crippen molar-refractivity contribution in [1.29, 1.82) is 0 Å². The summed E-state index contributed by atoms with van der Waals surface area (Å²) < 4.78 is 34.4. The Morgan fingerprint density at radius 3 is 0.991 bits per heavy atom. The molecule has 0 saturated carbocycles. The molecule has 0 spiro atoms. The topological polar surface area (TPSA) is 307 Å². The molecular weight excluding hydrogens is 1380 g/mol. The van der Waals surface area contributed by atoms with Gasteiger partial charge in [-0.05, 0) is 109 Å². The first-order chi connectivity index (χ1) is 53.3. The van der Waals surface area contributed by atoms with Gasteiger partial charge in [0.15, 0.2) is 18.9 Å². The van der Waals surface area contributed by atoms with E-state index in [4.69, 9.17) is 28.4 Å². The summed E-state index contributed by atoms with van der Waals surface area (Å²) in [7, 11) is 0. The van der Waals surface area contributed by atoms with Gasteiger partial charge in [0, 0.05) is 6.42 Å². The molecule has 109 heavy (non-hydrogen) atoms. The van der Waals surface area contributed by atoms with Crippen LogP contribution in [0.1, 0.15) is 271 Å². The Labute approximate surface area is 656 Å². The molecule has 0 aliphatic carbocycles. The number of aliphatic hydroxyl groups excluding tert-OH is 11. The number of aliphatic hydroxyl groups is 11. The van der Waals surface area contributed by atoms with Gasteiger partial charge in [-0.15, -0.1) is 0 Å². The van der Waals surface area contributed by atoms with Crippen molar-refractivity contribution in [3.8, 4) is 0 Å². The molecule has 0 radical (unpaired) electrons. The highest BCUT2D eigenvalue weighted by Gasteiger charge is 2.54. The third-order valence-electron chi connectivity index (χ3n) is 19.8. The van der Waals surface area contributed by atoms with Crippen LogP contribution in [0.3, 0.4) is 0 Å². The molecular formula is C90H149NO18. The van der Waals surface area contributed by atoms with Crippen molar-refractivity contribution in [1.82, 2.24) is 5.32 Å². The lowest BCUT2D eigenvalue weighted by molar-refractivity contribution is -0.379. The standard InChI is InChI=1S/C90H149NO18/c1-3-5-7-9-11-13-15-17-19-21-23-25-27-29-30-31-32-33-34-35-36-37-38-39-40-41-42-44-46-48-50-52-54-56-58-60-62-64-66-68-78(96)91-73(74(95)67-65-63-61-59-57-55-53-51-49-47-45-43-28-26-24-22-20-18-16-14-12-10-8-6-4-2)72-104-88-84(102)81(99)86(76(70-93)106-88)109-90-85(103)82(100)87(77(71-94)107-90)108-89-83(101)80(98)79(97)75(69-92)105-89/h5,7,11,13,17,19,23,25,29-30,32-33,35-36,38-39,41-42,46,48,52,54,58,60,65,67,73-77,79-90,92-95,97-103H,3-4,6,8-10,12,14-16,18,20-22,24,26-28,31,34,37,40,43-45,47,49-51,53,55-57,59,61-64,66,68-72H2,1-2H3,(H,91,96)/b7-5-,13-11-,19-17-,25-23-,30-29-,33-32-,36-35-,39-38-,42-41-,48-46-,54-52-,60-58-,67-65+. The largest absolute Gasteiger partial charge is 0.394 e. The van der Waals surface area contributed by atoms with Crippen LogP contribution in [0.25, 0.3) is 0 Å². The second kappa shape index (κ2) is 67.9. The summed E-state index contributed by atoms with van der Waals surface area (Å²) >= 11 is 0. The third-order valence-corrected chi connectivity index (χ3v) is 19.8. The summed E-state index contributed by atoms with van der Waals surface area (Å²) in [6, 6.07) is -1.01. The zero-order chi connectivity index (χ0) is 78.8. The van der Waals surface area contributed by atoms with Gasteiger partial charge in [0.2, 0.25) is 5.91 Å². The van der Waals surface area contributed by atoms with E-state index in [-0.39, 0.29) is 18.9 Å². The number of ether oxygens (including phenoxy) is 6. The maximum absolute atomic E-state index is 13.5. The maximum Gasteiger partial charge on any atom is 0.220 e. The Bertz CT molecular complexity index is 2590. The van der Waals surface area contributed by atoms with Crippen LogP contribution in [0.2, 0.25) is 0 Å². The molecule has 0 aromatic rings. The van der Waals surface area contributed by atoms with E-state index in [1.54, 1.807) is 6.08 Å². The number of rotatable bonds is 65. The molecule has 1 amide bonds. The van der Waals surface area contributed by atoms with Crippen molar-refractivity contribution >= 4 is 5.91 Å². The zero-order valence-electron chi connectivity index (χ0n) is 66.7. The number of unbranched alkanes of at least 4 members (excludes halogenated alkanes) is 25. The summed E-state index contributed by atoms with van der Waals surface area (Å²) in [6.07, 6.45) is 73.7. The van der Waals surface area contributed by atoms with Crippen molar-refractivity contribution < 1.29 is 89.4 Å². The highest BCUT2D eigenvalue weighted by atomic mass is 16.8. The van der Waals surface area contributed by atoms with Crippen LogP contribution in [-0.2, 0) is 33.2 Å². The Kier molecular flexibility index (Phi) is 61.4. The predicted molar refractivity (Wildman–Crippen MR) is 438 cm³/mol. The molecule has 17 atom stereocenters. The average molecular weight is 1530 g/mol. The van der Waals surface area contributed by atoms with Gasteiger partial charge in [0.25, 0.3) is 0 Å². The van der Waals surface area contributed by atoms with Crippen molar-refractivity contribution in [3.05, 3.63) is 158 Å². The SMILES string of the molecule is CC/C=C\C/C=C\C/C=C\C/C=C\C/C=C\C/C=C\C/C=C\C/C=C\C/C=C\C/C=C\C/C=C\C/C=C\CCCCC(=O)NC(COC1OC(CO)C(OC2OC(CO)C(OC3OC(CO)C(O)C(O)C3O)C(O)C2O)C(O)C1O)C(O)/C=C/CCCCCCCCCCCCCCCCCCCCCCCCC. The molecule has 3 aliphatic heterocycles. The van der Waals surface area contributed by atoms with Crippen LogP contribution in [-0.4, -0.2) is 193 Å². The smallest absolute Gasteiger partial charge is 0.220 e. The molecule has 0 aromatic carbocycles. The van der Waals surface area contributed by atoms with Gasteiger partial charge >= 0.3 is 0 Å². The Hall–Kier alpha value is -4.59. The molecule has 3 fully saturated rings. The lowest BCUT2D eigenvalue weighted by Gasteiger charge is -2.48. The molecule has 0 aromatic heterocycles. The Morgan fingerprint density at radius 2 is 0.633 bits per heavy atom. The molecule has 19 nitrogen and oxygen atoms in total. The number of amides is 1. The van der Waals surface area contributed by atoms with Gasteiger partial charge in [0.1, 0.15) is 73.2 Å². The van der Waals surface area contributed by atoms with Gasteiger partial charge in [-0.3, -0.25) is 4.79 Å². The minimum atomic E-state index is -1.99. The van der Waals surface area contributed by atoms with Crippen LogP contribution in [0.4, 0.5) is 0 Å². The first kappa shape index (κ1) is 98.6. The number of hydrogen-bond donors (Lipinski definition) is 12. The number of hydrogen-bond acceptors (Lipinski definition) is 18. The van der Waals surface area contributed by atoms with Crippen molar-refractivity contribution in [2.75, 3.05) is 26.4 Å². The normalized spacial score (nSPS) is 26.1. The van der Waals surface area contributed by atoms with E-state index in [0.29, 0.717) is 6.42 Å². The molecule has 17 unspecified atom stereocenters. The van der Waals surface area contributed by atoms with E-state index in [1.165, 1.54) is 128 Å². The number of nitrogens with one attached hydrogen (secondary N) is 1. The Morgan fingerprint density at radius 1 is 0.339 bits per heavy atom. The van der Waals surface area contributed by atoms with Gasteiger partial charge in [0.05, 0.1) is 38.6 Å². The molecule has 12 N–H and O–H groups in total. The molecule has 3 rings (SSSR count). The monoisotopic (exact) mass is 1530 g/mol. The molecule has 3 saturated heterocycles. The van der Waals surface area contributed by atoms with E-state index in [1.807, 2.05) is 6.08 Å². The fourth-order valence-electron chi connectivity index (χ4n) is 13.1. The van der Waals surface area contributed by atoms with Gasteiger partial charge in [-0.1, -0.05) is 313 Å². The highest BCUT2D eigenvalue weighted by molar-refractivity contribution is 5.76. The van der Waals surface area contributed by atoms with E-state index in [0.717, 1.165) is 116 Å². The Balaban J connectivity index is 1.38. The summed E-state index contributed by atoms with van der Waals surface area (Å²) in [5.41, 5.74) is 0. The van der Waals surface area contributed by atoms with Crippen molar-refractivity contribution in [2.45, 2.75) is 375 Å². The summed E-state index contributed by atoms with van der Waals surface area (Å²) in [5.74, 6) is -0.322. The van der Waals surface area contributed by atoms with Crippen molar-refractivity contribution in [2.24, 2.45) is 0 Å². The minimum absolute atomic E-state index is 0.178. The first-order valence-corrected chi connectivity index (χ1v) is 42.2. The second-order valence-electron chi connectivity index (χ2n) is 29.2. The summed E-state index contributed by atoms with van der Waals surface area (Å²) in [5, 5.41) is 121. The molecule has 3 aliphatic rings. The van der Waals surface area contributed by atoms with E-state index in [9.17, 15) is 61.0 Å². The third kappa shape index (κ3) is 47.0. The number of carbonyl (C=O) groups is 1. The fraction of sp³-hybridized carbons (Fsp3) is 0.700. The van der Waals surface area contributed by atoms with Crippen molar-refractivity contribution in [3.63, 3.8) is 0 Å². The second-order valence-corrected chi connectivity index (χ2v) is 29.2. The average Bonchev–Trinajstić information content (AvgIpc) is 0.759. The van der Waals surface area contributed by atoms with E-state index >= 15 is 0 Å².